The molecule has 0 aliphatic carbocycles. The van der Waals surface area contributed by atoms with Crippen LogP contribution in [0.3, 0.4) is 0 Å². The van der Waals surface area contributed by atoms with E-state index in [-0.39, 0.29) is 5.97 Å². The first-order chi connectivity index (χ1) is 10.1. The Morgan fingerprint density at radius 3 is 2.62 bits per heavy atom. The molecule has 0 amide bonds. The van der Waals surface area contributed by atoms with Crippen molar-refractivity contribution in [3.8, 4) is 11.5 Å². The summed E-state index contributed by atoms with van der Waals surface area (Å²) in [5.74, 6) is 1.35. The maximum atomic E-state index is 11.2. The van der Waals surface area contributed by atoms with Crippen LogP contribution in [0.2, 0.25) is 6.04 Å². The lowest BCUT2D eigenvalue weighted by Crippen LogP contribution is -2.17. The summed E-state index contributed by atoms with van der Waals surface area (Å²) in [6.07, 6.45) is 1.94. The van der Waals surface area contributed by atoms with Crippen molar-refractivity contribution in [2.45, 2.75) is 25.8 Å². The molecule has 1 aromatic rings. The minimum atomic E-state index is -0.408. The summed E-state index contributed by atoms with van der Waals surface area (Å²) in [7, 11) is 2.92. The number of carbonyl (C=O) groups excluding carboxylic acids is 1. The van der Waals surface area contributed by atoms with Crippen molar-refractivity contribution in [2.24, 2.45) is 0 Å². The van der Waals surface area contributed by atoms with Crippen molar-refractivity contribution < 1.29 is 19.0 Å². The Kier molecular flexibility index (Phi) is 7.60. The first kappa shape index (κ1) is 17.3. The fourth-order valence-corrected chi connectivity index (χ4v) is 3.87. The smallest absolute Gasteiger partial charge is 0.333 e. The van der Waals surface area contributed by atoms with Gasteiger partial charge in [-0.3, -0.25) is 0 Å². The zero-order valence-electron chi connectivity index (χ0n) is 13.1. The molecule has 0 bridgehead atoms. The van der Waals surface area contributed by atoms with Gasteiger partial charge in [0.15, 0.2) is 11.5 Å². The molecular formula is C16H24O4Si. The van der Waals surface area contributed by atoms with Crippen molar-refractivity contribution >= 4 is 20.7 Å². The van der Waals surface area contributed by atoms with E-state index in [0.717, 1.165) is 30.4 Å². The first-order valence-electron chi connectivity index (χ1n) is 7.12. The molecule has 116 valence electrons. The van der Waals surface area contributed by atoms with Gasteiger partial charge in [-0.2, -0.15) is 0 Å². The van der Waals surface area contributed by atoms with E-state index in [1.807, 2.05) is 12.1 Å². The zero-order valence-corrected chi connectivity index (χ0v) is 14.5. The van der Waals surface area contributed by atoms with E-state index in [0.29, 0.717) is 12.2 Å². The summed E-state index contributed by atoms with van der Waals surface area (Å²) in [5, 5.41) is 1.27. The van der Waals surface area contributed by atoms with Crippen LogP contribution in [0, 0.1) is 0 Å². The van der Waals surface area contributed by atoms with E-state index in [9.17, 15) is 4.79 Å². The van der Waals surface area contributed by atoms with E-state index >= 15 is 0 Å². The van der Waals surface area contributed by atoms with Gasteiger partial charge in [0.1, 0.15) is 0 Å². The minimum absolute atomic E-state index is 0.304. The highest BCUT2D eigenvalue weighted by atomic mass is 28.2. The summed E-state index contributed by atoms with van der Waals surface area (Å²) >= 11 is 0. The second-order valence-electron chi connectivity index (χ2n) is 4.88. The molecule has 0 radical (unpaired) electrons. The lowest BCUT2D eigenvalue weighted by atomic mass is 10.3. The van der Waals surface area contributed by atoms with Gasteiger partial charge in [0.05, 0.1) is 30.3 Å². The van der Waals surface area contributed by atoms with Crippen LogP contribution < -0.4 is 14.7 Å². The molecule has 0 heterocycles. The highest BCUT2D eigenvalue weighted by Gasteiger charge is 2.09. The highest BCUT2D eigenvalue weighted by molar-refractivity contribution is 6.54. The second kappa shape index (κ2) is 9.23. The molecule has 0 atom stereocenters. The van der Waals surface area contributed by atoms with Gasteiger partial charge in [0.25, 0.3) is 0 Å². The number of hydrogen-bond acceptors (Lipinski definition) is 4. The zero-order chi connectivity index (χ0) is 15.7. The fourth-order valence-electron chi connectivity index (χ4n) is 2.03. The standard InChI is InChI=1S/C16H24O4Si/c1-12(2)16(17)20-10-5-6-11-21-14-9-7-8-13(18-3)15(14)19-4/h7-9H,1,5-6,10-11,21H2,2-4H3. The molecule has 0 N–H and O–H groups in total. The molecule has 0 aliphatic heterocycles. The maximum absolute atomic E-state index is 11.2. The molecule has 1 aromatic carbocycles. The van der Waals surface area contributed by atoms with E-state index in [1.165, 1.54) is 5.19 Å². The average molecular weight is 308 g/mol. The minimum Gasteiger partial charge on any atom is -0.493 e. The number of para-hydroxylation sites is 1. The van der Waals surface area contributed by atoms with Crippen molar-refractivity contribution in [2.75, 3.05) is 20.8 Å². The molecule has 0 aromatic heterocycles. The van der Waals surface area contributed by atoms with Gasteiger partial charge in [-0.05, 0) is 24.6 Å². The summed E-state index contributed by atoms with van der Waals surface area (Å²) in [4.78, 5) is 11.2. The Hall–Kier alpha value is -1.75. The Balaban J connectivity index is 2.33. The molecule has 21 heavy (non-hydrogen) atoms. The van der Waals surface area contributed by atoms with Crippen molar-refractivity contribution in [3.63, 3.8) is 0 Å². The first-order valence-corrected chi connectivity index (χ1v) is 8.83. The van der Waals surface area contributed by atoms with Crippen LogP contribution in [0.15, 0.2) is 30.4 Å². The number of methoxy groups -OCH3 is 2. The summed E-state index contributed by atoms with van der Waals surface area (Å²) < 4.78 is 15.8. The third-order valence-corrected chi connectivity index (χ3v) is 5.11. The predicted molar refractivity (Wildman–Crippen MR) is 87.5 cm³/mol. The maximum Gasteiger partial charge on any atom is 0.333 e. The normalized spacial score (nSPS) is 10.6. The van der Waals surface area contributed by atoms with Gasteiger partial charge >= 0.3 is 5.97 Å². The molecule has 5 heteroatoms. The quantitative estimate of drug-likeness (QED) is 0.302. The van der Waals surface area contributed by atoms with Crippen LogP contribution >= 0.6 is 0 Å². The van der Waals surface area contributed by atoms with E-state index in [2.05, 4.69) is 12.6 Å². The summed E-state index contributed by atoms with van der Waals surface area (Å²) in [6, 6.07) is 7.16. The van der Waals surface area contributed by atoms with Crippen LogP contribution in [0.4, 0.5) is 0 Å². The van der Waals surface area contributed by atoms with Gasteiger partial charge in [-0.25, -0.2) is 4.79 Å². The van der Waals surface area contributed by atoms with Crippen LogP contribution in [-0.2, 0) is 9.53 Å². The number of benzene rings is 1. The molecule has 0 saturated carbocycles. The van der Waals surface area contributed by atoms with Crippen molar-refractivity contribution in [1.82, 2.24) is 0 Å². The number of hydrogen-bond donors (Lipinski definition) is 0. The molecule has 0 saturated heterocycles. The second-order valence-corrected chi connectivity index (χ2v) is 6.85. The van der Waals surface area contributed by atoms with E-state index in [1.54, 1.807) is 21.1 Å². The molecule has 4 nitrogen and oxygen atoms in total. The lowest BCUT2D eigenvalue weighted by molar-refractivity contribution is -0.139. The summed E-state index contributed by atoms with van der Waals surface area (Å²) in [6.45, 7) is 5.68. The average Bonchev–Trinajstić information content (AvgIpc) is 2.49. The molecule has 0 aliphatic rings. The molecule has 0 fully saturated rings. The van der Waals surface area contributed by atoms with Crippen molar-refractivity contribution in [1.29, 1.82) is 0 Å². The van der Waals surface area contributed by atoms with Crippen LogP contribution in [0.5, 0.6) is 11.5 Å². The SMILES string of the molecule is C=C(C)C(=O)OCCCC[SiH2]c1cccc(OC)c1OC. The van der Waals surface area contributed by atoms with Gasteiger partial charge in [-0.15, -0.1) is 0 Å². The van der Waals surface area contributed by atoms with Gasteiger partial charge < -0.3 is 14.2 Å². The Labute approximate surface area is 128 Å². The van der Waals surface area contributed by atoms with E-state index in [4.69, 9.17) is 14.2 Å². The molecular weight excluding hydrogens is 284 g/mol. The number of ether oxygens (including phenoxy) is 3. The lowest BCUT2D eigenvalue weighted by Gasteiger charge is -2.12. The van der Waals surface area contributed by atoms with Gasteiger partial charge in [-0.1, -0.05) is 31.2 Å². The monoisotopic (exact) mass is 308 g/mol. The number of esters is 1. The highest BCUT2D eigenvalue weighted by Crippen LogP contribution is 2.23. The third kappa shape index (κ3) is 5.63. The predicted octanol–water partition coefficient (Wildman–Crippen LogP) is 1.82. The van der Waals surface area contributed by atoms with E-state index < -0.39 is 9.52 Å². The number of carbonyl (C=O) groups is 1. The molecule has 1 rings (SSSR count). The fraction of sp³-hybridized carbons (Fsp3) is 0.438. The Morgan fingerprint density at radius 2 is 2.00 bits per heavy atom. The molecule has 0 unspecified atom stereocenters. The number of rotatable bonds is 9. The Bertz CT molecular complexity index is 485. The number of unbranched alkanes of at least 4 members (excludes halogenated alkanes) is 1. The van der Waals surface area contributed by atoms with Crippen molar-refractivity contribution in [3.05, 3.63) is 30.4 Å². The van der Waals surface area contributed by atoms with Crippen LogP contribution in [-0.4, -0.2) is 36.3 Å². The van der Waals surface area contributed by atoms with Crippen LogP contribution in [0.25, 0.3) is 0 Å². The Morgan fingerprint density at radius 1 is 1.24 bits per heavy atom. The van der Waals surface area contributed by atoms with Gasteiger partial charge in [0.2, 0.25) is 0 Å². The topological polar surface area (TPSA) is 44.8 Å². The largest absolute Gasteiger partial charge is 0.493 e. The molecule has 0 spiro atoms. The van der Waals surface area contributed by atoms with Crippen LogP contribution in [0.1, 0.15) is 19.8 Å². The third-order valence-electron chi connectivity index (χ3n) is 3.16. The van der Waals surface area contributed by atoms with Gasteiger partial charge in [0, 0.05) is 5.57 Å². The summed E-state index contributed by atoms with van der Waals surface area (Å²) in [5.41, 5.74) is 0.450.